The lowest BCUT2D eigenvalue weighted by atomic mass is 10.0. The Morgan fingerprint density at radius 1 is 1.00 bits per heavy atom. The predicted octanol–water partition coefficient (Wildman–Crippen LogP) is 4.02. The van der Waals surface area contributed by atoms with Gasteiger partial charge in [0.15, 0.2) is 5.96 Å². The van der Waals surface area contributed by atoms with Gasteiger partial charge in [0.1, 0.15) is 0 Å². The second-order valence-corrected chi connectivity index (χ2v) is 7.44. The smallest absolute Gasteiger partial charge is 0.335 e. The monoisotopic (exact) mass is 361 g/mol. The minimum atomic E-state index is -3.10. The summed E-state index contributed by atoms with van der Waals surface area (Å²) in [6.45, 7) is 4.32. The number of nitrogens with zero attached hydrogens (tertiary/aromatic N) is 1. The van der Waals surface area contributed by atoms with Crippen molar-refractivity contribution in [3.8, 4) is 11.1 Å². The van der Waals surface area contributed by atoms with E-state index < -0.39 is 7.60 Å². The molecular weight excluding hydrogens is 337 g/mol. The maximum atomic E-state index is 12.6. The molecule has 0 amide bonds. The van der Waals surface area contributed by atoms with Gasteiger partial charge in [0.2, 0.25) is 0 Å². The van der Waals surface area contributed by atoms with Crippen molar-refractivity contribution in [3.05, 3.63) is 54.1 Å². The Morgan fingerprint density at radius 2 is 1.64 bits per heavy atom. The van der Waals surface area contributed by atoms with E-state index in [1.807, 2.05) is 48.5 Å². The molecule has 0 unspecified atom stereocenters. The number of hydrogen-bond acceptors (Lipinski definition) is 4. The highest BCUT2D eigenvalue weighted by Crippen LogP contribution is 2.51. The normalized spacial score (nSPS) is 11.3. The van der Waals surface area contributed by atoms with Crippen molar-refractivity contribution >= 4 is 19.2 Å². The summed E-state index contributed by atoms with van der Waals surface area (Å²) in [5.41, 5.74) is 14.4. The molecule has 0 aliphatic rings. The van der Waals surface area contributed by atoms with E-state index in [0.717, 1.165) is 16.7 Å². The standard InChI is InChI=1S/C18H24N3O3P/c1-3-23-25(22,24-4-2)13-14-8-10-15(11-9-14)16-6-5-7-17(12-16)21-18(19)20/h5-12H,3-4,13H2,1-2H3,(H4,19,20,21). The fraction of sp³-hybridized carbons (Fsp3) is 0.278. The Hall–Kier alpha value is -2.14. The number of rotatable bonds is 8. The van der Waals surface area contributed by atoms with Crippen LogP contribution in [0, 0.1) is 0 Å². The highest BCUT2D eigenvalue weighted by molar-refractivity contribution is 7.53. The quantitative estimate of drug-likeness (QED) is 0.420. The van der Waals surface area contributed by atoms with Crippen molar-refractivity contribution in [2.24, 2.45) is 16.5 Å². The van der Waals surface area contributed by atoms with Crippen molar-refractivity contribution in [1.29, 1.82) is 0 Å². The van der Waals surface area contributed by atoms with Gasteiger partial charge in [-0.05, 0) is 42.7 Å². The van der Waals surface area contributed by atoms with Crippen LogP contribution in [-0.2, 0) is 19.8 Å². The van der Waals surface area contributed by atoms with E-state index in [-0.39, 0.29) is 12.1 Å². The Kier molecular flexibility index (Phi) is 6.76. The molecule has 0 aromatic heterocycles. The predicted molar refractivity (Wildman–Crippen MR) is 102 cm³/mol. The third kappa shape index (κ3) is 5.71. The molecule has 0 aliphatic carbocycles. The van der Waals surface area contributed by atoms with E-state index >= 15 is 0 Å². The van der Waals surface area contributed by atoms with E-state index in [2.05, 4.69) is 4.99 Å². The summed E-state index contributed by atoms with van der Waals surface area (Å²) >= 11 is 0. The van der Waals surface area contributed by atoms with Crippen LogP contribution in [0.3, 0.4) is 0 Å². The van der Waals surface area contributed by atoms with Gasteiger partial charge in [-0.3, -0.25) is 4.57 Å². The van der Waals surface area contributed by atoms with Crippen LogP contribution in [0.1, 0.15) is 19.4 Å². The molecule has 2 aromatic carbocycles. The maximum absolute atomic E-state index is 12.6. The van der Waals surface area contributed by atoms with Crippen molar-refractivity contribution in [2.45, 2.75) is 20.0 Å². The van der Waals surface area contributed by atoms with E-state index in [1.54, 1.807) is 13.8 Å². The van der Waals surface area contributed by atoms with Crippen LogP contribution in [0.25, 0.3) is 11.1 Å². The summed E-state index contributed by atoms with van der Waals surface area (Å²) in [4.78, 5) is 4.05. The van der Waals surface area contributed by atoms with E-state index in [1.165, 1.54) is 0 Å². The molecule has 0 spiro atoms. The van der Waals surface area contributed by atoms with Crippen LogP contribution < -0.4 is 11.5 Å². The largest absolute Gasteiger partial charge is 0.370 e. The molecule has 4 N–H and O–H groups in total. The molecule has 0 bridgehead atoms. The van der Waals surface area contributed by atoms with Crippen LogP contribution in [-0.4, -0.2) is 19.2 Å². The number of benzene rings is 2. The lowest BCUT2D eigenvalue weighted by Crippen LogP contribution is -2.21. The summed E-state index contributed by atoms with van der Waals surface area (Å²) in [5, 5.41) is 0. The molecule has 0 atom stereocenters. The number of hydrogen-bond donors (Lipinski definition) is 2. The van der Waals surface area contributed by atoms with Crippen molar-refractivity contribution in [3.63, 3.8) is 0 Å². The van der Waals surface area contributed by atoms with Gasteiger partial charge in [0.05, 0.1) is 25.1 Å². The molecule has 6 nitrogen and oxygen atoms in total. The Bertz CT molecular complexity index is 761. The fourth-order valence-corrected chi connectivity index (χ4v) is 4.15. The van der Waals surface area contributed by atoms with Crippen molar-refractivity contribution in [2.75, 3.05) is 13.2 Å². The zero-order chi connectivity index (χ0) is 18.3. The molecule has 0 aliphatic heterocycles. The first kappa shape index (κ1) is 19.2. The van der Waals surface area contributed by atoms with Gasteiger partial charge in [-0.15, -0.1) is 0 Å². The molecule has 2 aromatic rings. The Labute approximate surface area is 148 Å². The third-order valence-electron chi connectivity index (χ3n) is 3.42. The van der Waals surface area contributed by atoms with E-state index in [9.17, 15) is 4.57 Å². The lowest BCUT2D eigenvalue weighted by Gasteiger charge is -2.17. The second-order valence-electron chi connectivity index (χ2n) is 5.39. The third-order valence-corrected chi connectivity index (χ3v) is 5.48. The van der Waals surface area contributed by atoms with Gasteiger partial charge in [-0.25, -0.2) is 4.99 Å². The first-order valence-corrected chi connectivity index (χ1v) is 9.85. The van der Waals surface area contributed by atoms with Crippen LogP contribution in [0.15, 0.2) is 53.5 Å². The lowest BCUT2D eigenvalue weighted by molar-refractivity contribution is 0.219. The number of aliphatic imine (C=N–C) groups is 1. The van der Waals surface area contributed by atoms with Crippen molar-refractivity contribution < 1.29 is 13.6 Å². The second kappa shape index (κ2) is 8.81. The number of nitrogens with two attached hydrogens (primary N) is 2. The molecule has 0 heterocycles. The van der Waals surface area contributed by atoms with E-state index in [0.29, 0.717) is 18.9 Å². The minimum absolute atomic E-state index is 0.0232. The van der Waals surface area contributed by atoms with Crippen molar-refractivity contribution in [1.82, 2.24) is 0 Å². The summed E-state index contributed by atoms with van der Waals surface area (Å²) in [6, 6.07) is 15.4. The molecule has 0 fully saturated rings. The Balaban J connectivity index is 2.20. The topological polar surface area (TPSA) is 99.9 Å². The average Bonchev–Trinajstić information content (AvgIpc) is 2.55. The summed E-state index contributed by atoms with van der Waals surface area (Å²) in [5.74, 6) is 0.0232. The molecular formula is C18H24N3O3P. The first-order chi connectivity index (χ1) is 12.0. The highest BCUT2D eigenvalue weighted by atomic mass is 31.2. The molecule has 134 valence electrons. The van der Waals surface area contributed by atoms with Gasteiger partial charge >= 0.3 is 7.60 Å². The van der Waals surface area contributed by atoms with E-state index in [4.69, 9.17) is 20.5 Å². The molecule has 7 heteroatoms. The van der Waals surface area contributed by atoms with Gasteiger partial charge in [0, 0.05) is 0 Å². The highest BCUT2D eigenvalue weighted by Gasteiger charge is 2.23. The van der Waals surface area contributed by atoms with Gasteiger partial charge < -0.3 is 20.5 Å². The molecule has 2 rings (SSSR count). The minimum Gasteiger partial charge on any atom is -0.370 e. The molecule has 0 saturated carbocycles. The van der Waals surface area contributed by atoms with Crippen LogP contribution in [0.4, 0.5) is 5.69 Å². The van der Waals surface area contributed by atoms with Gasteiger partial charge in [0.25, 0.3) is 0 Å². The fourth-order valence-electron chi connectivity index (χ4n) is 2.45. The van der Waals surface area contributed by atoms with Crippen LogP contribution >= 0.6 is 7.60 Å². The SMILES string of the molecule is CCOP(=O)(Cc1ccc(-c2cccc(N=C(N)N)c2)cc1)OCC. The zero-order valence-electron chi connectivity index (χ0n) is 14.5. The maximum Gasteiger partial charge on any atom is 0.335 e. The number of guanidine groups is 1. The average molecular weight is 361 g/mol. The van der Waals surface area contributed by atoms with Gasteiger partial charge in [-0.1, -0.05) is 36.4 Å². The van der Waals surface area contributed by atoms with Crippen LogP contribution in [0.5, 0.6) is 0 Å². The zero-order valence-corrected chi connectivity index (χ0v) is 15.4. The summed E-state index contributed by atoms with van der Waals surface area (Å²) in [7, 11) is -3.10. The Morgan fingerprint density at radius 3 is 2.20 bits per heavy atom. The molecule has 0 radical (unpaired) electrons. The van der Waals surface area contributed by atoms with Crippen LogP contribution in [0.2, 0.25) is 0 Å². The summed E-state index contributed by atoms with van der Waals surface area (Å²) < 4.78 is 23.3. The van der Waals surface area contributed by atoms with Gasteiger partial charge in [-0.2, -0.15) is 0 Å². The molecule has 0 saturated heterocycles. The summed E-state index contributed by atoms with van der Waals surface area (Å²) in [6.07, 6.45) is 0.253. The first-order valence-electron chi connectivity index (χ1n) is 8.13. The molecule has 25 heavy (non-hydrogen) atoms.